The molecule has 1 amide bonds. The molecule has 0 bridgehead atoms. The minimum absolute atomic E-state index is 0.0626. The van der Waals surface area contributed by atoms with Gasteiger partial charge in [0, 0.05) is 19.6 Å². The topological polar surface area (TPSA) is 75.7 Å². The zero-order valence-corrected chi connectivity index (χ0v) is 16.9. The number of sulfonamides is 1. The first kappa shape index (κ1) is 20.4. The lowest BCUT2D eigenvalue weighted by molar-refractivity contribution is -0.123. The second-order valence-corrected chi connectivity index (χ2v) is 8.76. The van der Waals surface area contributed by atoms with Gasteiger partial charge in [0.25, 0.3) is 5.91 Å². The van der Waals surface area contributed by atoms with Crippen molar-refractivity contribution in [2.75, 3.05) is 19.7 Å². The molecule has 1 fully saturated rings. The predicted octanol–water partition coefficient (Wildman–Crippen LogP) is 2.73. The number of ether oxygens (including phenoxy) is 1. The van der Waals surface area contributed by atoms with E-state index in [1.54, 1.807) is 24.3 Å². The summed E-state index contributed by atoms with van der Waals surface area (Å²) < 4.78 is 32.0. The molecule has 1 heterocycles. The summed E-state index contributed by atoms with van der Waals surface area (Å²) in [4.78, 5) is 12.3. The van der Waals surface area contributed by atoms with Crippen LogP contribution in [0.4, 0.5) is 0 Å². The van der Waals surface area contributed by atoms with Crippen molar-refractivity contribution in [1.82, 2.24) is 9.62 Å². The van der Waals surface area contributed by atoms with Crippen molar-refractivity contribution in [2.24, 2.45) is 0 Å². The van der Waals surface area contributed by atoms with E-state index < -0.39 is 10.0 Å². The van der Waals surface area contributed by atoms with Crippen molar-refractivity contribution in [3.63, 3.8) is 0 Å². The molecular formula is C21H26N2O4S. The van der Waals surface area contributed by atoms with E-state index in [0.29, 0.717) is 30.3 Å². The van der Waals surface area contributed by atoms with E-state index in [-0.39, 0.29) is 12.5 Å². The molecule has 0 unspecified atom stereocenters. The Morgan fingerprint density at radius 3 is 2.21 bits per heavy atom. The minimum Gasteiger partial charge on any atom is -0.484 e. The van der Waals surface area contributed by atoms with Crippen molar-refractivity contribution in [2.45, 2.75) is 37.6 Å². The van der Waals surface area contributed by atoms with Crippen LogP contribution in [0.3, 0.4) is 0 Å². The molecular weight excluding hydrogens is 376 g/mol. The number of nitrogens with zero attached hydrogens (tertiary/aromatic N) is 1. The van der Waals surface area contributed by atoms with Gasteiger partial charge >= 0.3 is 0 Å². The van der Waals surface area contributed by atoms with Crippen LogP contribution in [-0.2, 0) is 27.8 Å². The van der Waals surface area contributed by atoms with E-state index in [4.69, 9.17) is 4.74 Å². The normalized spacial score (nSPS) is 14.8. The summed E-state index contributed by atoms with van der Waals surface area (Å²) in [6.07, 6.45) is 2.78. The molecule has 28 heavy (non-hydrogen) atoms. The van der Waals surface area contributed by atoms with Crippen LogP contribution in [0.25, 0.3) is 0 Å². The molecule has 0 aliphatic carbocycles. The zero-order valence-electron chi connectivity index (χ0n) is 16.1. The monoisotopic (exact) mass is 402 g/mol. The average Bonchev–Trinajstić information content (AvgIpc) is 3.27. The third-order valence-corrected chi connectivity index (χ3v) is 6.73. The molecule has 0 saturated carbocycles. The maximum Gasteiger partial charge on any atom is 0.258 e. The van der Waals surface area contributed by atoms with Gasteiger partial charge in [-0.05, 0) is 54.7 Å². The predicted molar refractivity (Wildman–Crippen MR) is 108 cm³/mol. The highest BCUT2D eigenvalue weighted by molar-refractivity contribution is 7.89. The first-order chi connectivity index (χ1) is 13.5. The third-order valence-electron chi connectivity index (χ3n) is 4.82. The van der Waals surface area contributed by atoms with E-state index in [2.05, 4.69) is 12.2 Å². The van der Waals surface area contributed by atoms with Gasteiger partial charge in [0.1, 0.15) is 5.75 Å². The molecule has 6 nitrogen and oxygen atoms in total. The summed E-state index contributed by atoms with van der Waals surface area (Å²) in [5.74, 6) is 0.428. The lowest BCUT2D eigenvalue weighted by Gasteiger charge is -2.15. The Bertz CT molecular complexity index is 887. The Morgan fingerprint density at radius 1 is 1.00 bits per heavy atom. The Hall–Kier alpha value is -2.38. The summed E-state index contributed by atoms with van der Waals surface area (Å²) in [5.41, 5.74) is 2.05. The smallest absolute Gasteiger partial charge is 0.258 e. The molecule has 1 aliphatic rings. The molecule has 1 aliphatic heterocycles. The van der Waals surface area contributed by atoms with Gasteiger partial charge in [-0.1, -0.05) is 31.2 Å². The maximum absolute atomic E-state index is 12.5. The zero-order chi connectivity index (χ0) is 20.0. The van der Waals surface area contributed by atoms with Gasteiger partial charge < -0.3 is 10.1 Å². The van der Waals surface area contributed by atoms with Crippen LogP contribution in [0.15, 0.2) is 53.4 Å². The van der Waals surface area contributed by atoms with Gasteiger partial charge in [0.05, 0.1) is 4.90 Å². The van der Waals surface area contributed by atoms with Crippen molar-refractivity contribution in [3.8, 4) is 5.75 Å². The highest BCUT2D eigenvalue weighted by Gasteiger charge is 2.26. The van der Waals surface area contributed by atoms with Gasteiger partial charge in [-0.15, -0.1) is 0 Å². The Morgan fingerprint density at radius 2 is 1.61 bits per heavy atom. The molecule has 0 spiro atoms. The largest absolute Gasteiger partial charge is 0.484 e. The van der Waals surface area contributed by atoms with Crippen LogP contribution in [0.1, 0.15) is 30.9 Å². The highest BCUT2D eigenvalue weighted by atomic mass is 32.2. The summed E-state index contributed by atoms with van der Waals surface area (Å²) in [7, 11) is -3.41. The van der Waals surface area contributed by atoms with Gasteiger partial charge in [0.15, 0.2) is 6.61 Å². The highest BCUT2D eigenvalue weighted by Crippen LogP contribution is 2.21. The molecule has 1 saturated heterocycles. The van der Waals surface area contributed by atoms with E-state index in [9.17, 15) is 13.2 Å². The number of amides is 1. The van der Waals surface area contributed by atoms with Gasteiger partial charge in [-0.2, -0.15) is 4.31 Å². The SMILES string of the molecule is CCc1ccc(OCC(=O)NCc2ccc(S(=O)(=O)N3CCCC3)cc2)cc1. The fourth-order valence-corrected chi connectivity index (χ4v) is 4.60. The van der Waals surface area contributed by atoms with E-state index >= 15 is 0 Å². The lowest BCUT2D eigenvalue weighted by atomic mass is 10.2. The third kappa shape index (κ3) is 5.11. The number of aryl methyl sites for hydroxylation is 1. The van der Waals surface area contributed by atoms with Crippen LogP contribution >= 0.6 is 0 Å². The van der Waals surface area contributed by atoms with E-state index in [0.717, 1.165) is 24.8 Å². The second kappa shape index (κ2) is 9.21. The number of hydrogen-bond donors (Lipinski definition) is 1. The van der Waals surface area contributed by atoms with Crippen LogP contribution in [0.5, 0.6) is 5.75 Å². The molecule has 2 aromatic rings. The Balaban J connectivity index is 1.48. The summed E-state index contributed by atoms with van der Waals surface area (Å²) in [6, 6.07) is 14.3. The fourth-order valence-electron chi connectivity index (χ4n) is 3.08. The minimum atomic E-state index is -3.41. The van der Waals surface area contributed by atoms with Crippen molar-refractivity contribution in [1.29, 1.82) is 0 Å². The molecule has 0 atom stereocenters. The van der Waals surface area contributed by atoms with Crippen molar-refractivity contribution in [3.05, 3.63) is 59.7 Å². The molecule has 3 rings (SSSR count). The lowest BCUT2D eigenvalue weighted by Crippen LogP contribution is -2.29. The maximum atomic E-state index is 12.5. The molecule has 7 heteroatoms. The van der Waals surface area contributed by atoms with Crippen molar-refractivity contribution >= 4 is 15.9 Å². The molecule has 150 valence electrons. The van der Waals surface area contributed by atoms with E-state index in [1.807, 2.05) is 24.3 Å². The first-order valence-electron chi connectivity index (χ1n) is 9.56. The van der Waals surface area contributed by atoms with Crippen LogP contribution in [0.2, 0.25) is 0 Å². The van der Waals surface area contributed by atoms with Gasteiger partial charge in [0.2, 0.25) is 10.0 Å². The summed E-state index contributed by atoms with van der Waals surface area (Å²) >= 11 is 0. The van der Waals surface area contributed by atoms with Crippen LogP contribution < -0.4 is 10.1 Å². The number of benzene rings is 2. The standard InChI is InChI=1S/C21H26N2O4S/c1-2-17-5-9-19(10-6-17)27-16-21(24)22-15-18-7-11-20(12-8-18)28(25,26)23-13-3-4-14-23/h5-12H,2-4,13-16H2,1H3,(H,22,24). The van der Waals surface area contributed by atoms with Crippen molar-refractivity contribution < 1.29 is 17.9 Å². The Labute approximate surface area is 166 Å². The number of carbonyl (C=O) groups excluding carboxylic acids is 1. The molecule has 0 radical (unpaired) electrons. The average molecular weight is 403 g/mol. The summed E-state index contributed by atoms with van der Waals surface area (Å²) in [6.45, 7) is 3.51. The number of nitrogens with one attached hydrogen (secondary N) is 1. The molecule has 2 aromatic carbocycles. The second-order valence-electron chi connectivity index (χ2n) is 6.82. The quantitative estimate of drug-likeness (QED) is 0.737. The number of rotatable bonds is 8. The molecule has 1 N–H and O–H groups in total. The fraction of sp³-hybridized carbons (Fsp3) is 0.381. The van der Waals surface area contributed by atoms with Gasteiger partial charge in [-0.3, -0.25) is 4.79 Å². The van der Waals surface area contributed by atoms with Crippen LogP contribution in [0, 0.1) is 0 Å². The first-order valence-corrected chi connectivity index (χ1v) is 11.0. The number of carbonyl (C=O) groups is 1. The van der Waals surface area contributed by atoms with Gasteiger partial charge in [-0.25, -0.2) is 8.42 Å². The Kier molecular flexibility index (Phi) is 6.70. The summed E-state index contributed by atoms with van der Waals surface area (Å²) in [5, 5.41) is 2.78. The molecule has 0 aromatic heterocycles. The van der Waals surface area contributed by atoms with Crippen LogP contribution in [-0.4, -0.2) is 38.3 Å². The number of hydrogen-bond acceptors (Lipinski definition) is 4. The van der Waals surface area contributed by atoms with E-state index in [1.165, 1.54) is 9.87 Å².